The molecule has 0 bridgehead atoms. The van der Waals surface area contributed by atoms with Gasteiger partial charge < -0.3 is 15.5 Å². The Labute approximate surface area is 143 Å². The monoisotopic (exact) mass is 401 g/mol. The molecule has 5 nitrogen and oxygen atoms in total. The zero-order chi connectivity index (χ0) is 14.5. The van der Waals surface area contributed by atoms with E-state index in [1.165, 1.54) is 5.56 Å². The summed E-state index contributed by atoms with van der Waals surface area (Å²) < 4.78 is 2.06. The van der Waals surface area contributed by atoms with Crippen LogP contribution in [0.4, 0.5) is 0 Å². The van der Waals surface area contributed by atoms with Crippen molar-refractivity contribution in [3.8, 4) is 0 Å². The predicted octanol–water partition coefficient (Wildman–Crippen LogP) is 2.36. The van der Waals surface area contributed by atoms with Crippen molar-refractivity contribution in [2.24, 2.45) is 16.6 Å². The number of hydrogen-bond donors (Lipinski definition) is 2. The van der Waals surface area contributed by atoms with E-state index in [9.17, 15) is 0 Å². The normalized spacial score (nSPS) is 11.7. The lowest BCUT2D eigenvalue weighted by atomic mass is 10.2. The first-order valence-electron chi connectivity index (χ1n) is 7.03. The van der Waals surface area contributed by atoms with Crippen LogP contribution in [0, 0.1) is 12.8 Å². The van der Waals surface area contributed by atoms with E-state index >= 15 is 0 Å². The maximum atomic E-state index is 5.80. The third kappa shape index (κ3) is 5.18. The molecule has 0 spiro atoms. The first-order chi connectivity index (χ1) is 9.56. The summed E-state index contributed by atoms with van der Waals surface area (Å²) in [5, 5.41) is 3.12. The summed E-state index contributed by atoms with van der Waals surface area (Å²) in [6.07, 6.45) is 4.91. The number of aliphatic imine (C=N–C) groups is 1. The van der Waals surface area contributed by atoms with E-state index in [4.69, 9.17) is 5.73 Å². The molecule has 0 aliphatic heterocycles. The third-order valence-electron chi connectivity index (χ3n) is 3.04. The van der Waals surface area contributed by atoms with Crippen LogP contribution in [0.1, 0.15) is 25.1 Å². The van der Waals surface area contributed by atoms with E-state index in [2.05, 4.69) is 52.7 Å². The second kappa shape index (κ2) is 8.21. The molecule has 2 aromatic rings. The second-order valence-corrected chi connectivity index (χ2v) is 5.45. The van der Waals surface area contributed by atoms with Crippen LogP contribution in [0.5, 0.6) is 0 Å². The number of aryl methyl sites for hydroxylation is 1. The fraction of sp³-hybridized carbons (Fsp3) is 0.467. The lowest BCUT2D eigenvalue weighted by Crippen LogP contribution is -2.33. The van der Waals surface area contributed by atoms with E-state index < -0.39 is 0 Å². The number of aromatic nitrogens is 2. The highest BCUT2D eigenvalue weighted by atomic mass is 127. The Morgan fingerprint density at radius 2 is 2.24 bits per heavy atom. The van der Waals surface area contributed by atoms with Crippen LogP contribution in [-0.4, -0.2) is 28.4 Å². The van der Waals surface area contributed by atoms with Gasteiger partial charge in [0.15, 0.2) is 5.96 Å². The van der Waals surface area contributed by atoms with E-state index in [0.29, 0.717) is 11.9 Å². The highest BCUT2D eigenvalue weighted by Crippen LogP contribution is 2.09. The number of nitrogens with zero attached hydrogens (tertiary/aromatic N) is 3. The number of fused-ring (bicyclic) bond motifs is 1. The average molecular weight is 401 g/mol. The number of guanidine groups is 1. The van der Waals surface area contributed by atoms with E-state index in [-0.39, 0.29) is 24.0 Å². The number of rotatable bonds is 5. The molecule has 0 saturated carbocycles. The Hall–Kier alpha value is -1.31. The Bertz CT molecular complexity index is 603. The summed E-state index contributed by atoms with van der Waals surface area (Å²) in [6, 6.07) is 4.10. The van der Waals surface area contributed by atoms with Crippen molar-refractivity contribution in [2.45, 2.75) is 27.2 Å². The van der Waals surface area contributed by atoms with Crippen molar-refractivity contribution in [1.29, 1.82) is 0 Å². The summed E-state index contributed by atoms with van der Waals surface area (Å²) in [5.41, 5.74) is 9.06. The van der Waals surface area contributed by atoms with Gasteiger partial charge in [-0.25, -0.2) is 4.98 Å². The summed E-state index contributed by atoms with van der Waals surface area (Å²) in [6.45, 7) is 7.81. The van der Waals surface area contributed by atoms with Gasteiger partial charge in [0.1, 0.15) is 5.65 Å². The molecule has 0 amide bonds. The van der Waals surface area contributed by atoms with Crippen molar-refractivity contribution in [3.63, 3.8) is 0 Å². The molecule has 0 aliphatic rings. The van der Waals surface area contributed by atoms with Crippen LogP contribution in [0.2, 0.25) is 0 Å². The molecule has 0 radical (unpaired) electrons. The predicted molar refractivity (Wildman–Crippen MR) is 98.4 cm³/mol. The summed E-state index contributed by atoms with van der Waals surface area (Å²) in [5.74, 6) is 1.04. The number of pyridine rings is 1. The van der Waals surface area contributed by atoms with Gasteiger partial charge in [-0.1, -0.05) is 19.9 Å². The van der Waals surface area contributed by atoms with Gasteiger partial charge >= 0.3 is 0 Å². The lowest BCUT2D eigenvalue weighted by molar-refractivity contribution is 0.661. The fourth-order valence-corrected chi connectivity index (χ4v) is 1.98. The van der Waals surface area contributed by atoms with Gasteiger partial charge in [0.25, 0.3) is 0 Å². The molecule has 21 heavy (non-hydrogen) atoms. The zero-order valence-corrected chi connectivity index (χ0v) is 15.2. The first-order valence-corrected chi connectivity index (χ1v) is 7.03. The van der Waals surface area contributed by atoms with Crippen LogP contribution in [0.15, 0.2) is 29.5 Å². The smallest absolute Gasteiger partial charge is 0.188 e. The zero-order valence-electron chi connectivity index (χ0n) is 12.8. The van der Waals surface area contributed by atoms with Gasteiger partial charge in [-0.05, 0) is 24.5 Å². The van der Waals surface area contributed by atoms with Crippen molar-refractivity contribution < 1.29 is 0 Å². The highest BCUT2D eigenvalue weighted by molar-refractivity contribution is 14.0. The van der Waals surface area contributed by atoms with Gasteiger partial charge in [0.2, 0.25) is 0 Å². The average Bonchev–Trinajstić information content (AvgIpc) is 2.81. The molecule has 0 aliphatic carbocycles. The van der Waals surface area contributed by atoms with Gasteiger partial charge in [-0.2, -0.15) is 0 Å². The van der Waals surface area contributed by atoms with Gasteiger partial charge in [0, 0.05) is 31.9 Å². The number of halogens is 1. The van der Waals surface area contributed by atoms with Gasteiger partial charge in [-0.3, -0.25) is 4.99 Å². The minimum Gasteiger partial charge on any atom is -0.370 e. The van der Waals surface area contributed by atoms with E-state index in [1.807, 2.05) is 12.3 Å². The molecular formula is C15H24IN5. The summed E-state index contributed by atoms with van der Waals surface area (Å²) in [4.78, 5) is 8.90. The second-order valence-electron chi connectivity index (χ2n) is 5.45. The molecule has 0 saturated heterocycles. The maximum absolute atomic E-state index is 5.80. The third-order valence-corrected chi connectivity index (χ3v) is 3.04. The number of nitrogens with two attached hydrogens (primary N) is 1. The SMILES string of the molecule is Cc1cccn2cc(CCNC(N)=NCC(C)C)nc12.I. The van der Waals surface area contributed by atoms with Crippen LogP contribution in [-0.2, 0) is 6.42 Å². The Morgan fingerprint density at radius 1 is 1.48 bits per heavy atom. The minimum absolute atomic E-state index is 0. The molecule has 2 aromatic heterocycles. The van der Waals surface area contributed by atoms with Crippen molar-refractivity contribution in [2.75, 3.05) is 13.1 Å². The molecule has 0 fully saturated rings. The summed E-state index contributed by atoms with van der Waals surface area (Å²) in [7, 11) is 0. The lowest BCUT2D eigenvalue weighted by Gasteiger charge is -2.05. The van der Waals surface area contributed by atoms with Crippen LogP contribution in [0.3, 0.4) is 0 Å². The largest absolute Gasteiger partial charge is 0.370 e. The molecular weight excluding hydrogens is 377 g/mol. The topological polar surface area (TPSA) is 67.7 Å². The Kier molecular flexibility index (Phi) is 6.94. The molecule has 0 aromatic carbocycles. The highest BCUT2D eigenvalue weighted by Gasteiger charge is 2.03. The Morgan fingerprint density at radius 3 is 2.90 bits per heavy atom. The summed E-state index contributed by atoms with van der Waals surface area (Å²) >= 11 is 0. The van der Waals surface area contributed by atoms with Crippen LogP contribution in [0.25, 0.3) is 5.65 Å². The molecule has 0 atom stereocenters. The molecule has 6 heteroatoms. The van der Waals surface area contributed by atoms with E-state index in [1.54, 1.807) is 0 Å². The quantitative estimate of drug-likeness (QED) is 0.459. The first kappa shape index (κ1) is 17.7. The number of nitrogens with one attached hydrogen (secondary N) is 1. The van der Waals surface area contributed by atoms with Crippen LogP contribution < -0.4 is 11.1 Å². The van der Waals surface area contributed by atoms with Crippen molar-refractivity contribution in [1.82, 2.24) is 14.7 Å². The maximum Gasteiger partial charge on any atom is 0.188 e. The fourth-order valence-electron chi connectivity index (χ4n) is 1.98. The van der Waals surface area contributed by atoms with Gasteiger partial charge in [-0.15, -0.1) is 24.0 Å². The molecule has 116 valence electrons. The molecule has 3 N–H and O–H groups in total. The molecule has 2 rings (SSSR count). The standard InChI is InChI=1S/C15H23N5.HI/c1-11(2)9-18-15(16)17-7-6-13-10-20-8-4-5-12(3)14(20)19-13;/h4-5,8,10-11H,6-7,9H2,1-3H3,(H3,16,17,18);1H. The minimum atomic E-state index is 0. The van der Waals surface area contributed by atoms with Gasteiger partial charge in [0.05, 0.1) is 5.69 Å². The Balaban J connectivity index is 0.00000220. The number of hydrogen-bond acceptors (Lipinski definition) is 2. The molecule has 2 heterocycles. The van der Waals surface area contributed by atoms with Crippen molar-refractivity contribution >= 4 is 35.6 Å². The molecule has 0 unspecified atom stereocenters. The van der Waals surface area contributed by atoms with E-state index in [0.717, 1.165) is 30.9 Å². The van der Waals surface area contributed by atoms with Crippen molar-refractivity contribution in [3.05, 3.63) is 35.8 Å². The van der Waals surface area contributed by atoms with Crippen LogP contribution >= 0.6 is 24.0 Å². The number of imidazole rings is 1.